The van der Waals surface area contributed by atoms with Crippen molar-refractivity contribution in [1.82, 2.24) is 15.3 Å². The molecule has 128 valence electrons. The van der Waals surface area contributed by atoms with E-state index in [1.165, 1.54) is 12.4 Å². The predicted octanol–water partition coefficient (Wildman–Crippen LogP) is 1.61. The van der Waals surface area contributed by atoms with Gasteiger partial charge in [-0.3, -0.25) is 4.79 Å². The van der Waals surface area contributed by atoms with Crippen LogP contribution >= 0.6 is 0 Å². The maximum Gasteiger partial charge on any atom is 0.254 e. The summed E-state index contributed by atoms with van der Waals surface area (Å²) in [6.07, 6.45) is 2.90. The van der Waals surface area contributed by atoms with E-state index in [1.54, 1.807) is 39.5 Å². The molecule has 0 saturated carbocycles. The summed E-state index contributed by atoms with van der Waals surface area (Å²) in [6, 6.07) is 5.34. The van der Waals surface area contributed by atoms with Crippen LogP contribution in [0.1, 0.15) is 10.4 Å². The lowest BCUT2D eigenvalue weighted by molar-refractivity contribution is 0.0936. The summed E-state index contributed by atoms with van der Waals surface area (Å²) in [7, 11) is 4.73. The molecule has 24 heavy (non-hydrogen) atoms. The first-order chi connectivity index (χ1) is 11.7. The Hall–Kier alpha value is -2.87. The number of nitrogens with one attached hydrogen (secondary N) is 2. The van der Waals surface area contributed by atoms with E-state index >= 15 is 0 Å². The summed E-state index contributed by atoms with van der Waals surface area (Å²) in [5, 5.41) is 5.74. The predicted molar refractivity (Wildman–Crippen MR) is 89.1 cm³/mol. The van der Waals surface area contributed by atoms with Gasteiger partial charge in [0.1, 0.15) is 11.5 Å². The molecular formula is C16H20N4O4. The first kappa shape index (κ1) is 17.5. The minimum atomic E-state index is -0.252. The summed E-state index contributed by atoms with van der Waals surface area (Å²) in [5.41, 5.74) is 1.03. The Labute approximate surface area is 140 Å². The van der Waals surface area contributed by atoms with E-state index in [4.69, 9.17) is 14.2 Å². The lowest BCUT2D eigenvalue weighted by Gasteiger charge is -2.11. The molecule has 2 rings (SSSR count). The van der Waals surface area contributed by atoms with Crippen molar-refractivity contribution >= 4 is 17.5 Å². The average Bonchev–Trinajstić information content (AvgIpc) is 2.62. The fourth-order valence-electron chi connectivity index (χ4n) is 1.91. The van der Waals surface area contributed by atoms with Gasteiger partial charge in [-0.15, -0.1) is 0 Å². The van der Waals surface area contributed by atoms with E-state index in [0.717, 1.165) is 0 Å². The lowest BCUT2D eigenvalue weighted by atomic mass is 10.2. The Balaban J connectivity index is 2.07. The van der Waals surface area contributed by atoms with Crippen molar-refractivity contribution in [3.8, 4) is 11.5 Å². The van der Waals surface area contributed by atoms with Crippen molar-refractivity contribution in [3.05, 3.63) is 36.2 Å². The summed E-state index contributed by atoms with van der Waals surface area (Å²) < 4.78 is 15.4. The van der Waals surface area contributed by atoms with Crippen LogP contribution in [-0.2, 0) is 4.74 Å². The fraction of sp³-hybridized carbons (Fsp3) is 0.312. The topological polar surface area (TPSA) is 94.6 Å². The number of rotatable bonds is 8. The van der Waals surface area contributed by atoms with E-state index in [9.17, 15) is 4.79 Å². The number of hydrogen-bond donors (Lipinski definition) is 2. The van der Waals surface area contributed by atoms with Crippen LogP contribution in [-0.4, -0.2) is 50.4 Å². The van der Waals surface area contributed by atoms with Crippen molar-refractivity contribution in [2.75, 3.05) is 39.8 Å². The molecule has 0 radical (unpaired) electrons. The molecule has 0 unspecified atom stereocenters. The van der Waals surface area contributed by atoms with E-state index in [-0.39, 0.29) is 5.91 Å². The summed E-state index contributed by atoms with van der Waals surface area (Å²) >= 11 is 0. The van der Waals surface area contributed by atoms with Gasteiger partial charge >= 0.3 is 0 Å². The minimum Gasteiger partial charge on any atom is -0.497 e. The third kappa shape index (κ3) is 4.56. The molecule has 1 heterocycles. The van der Waals surface area contributed by atoms with Gasteiger partial charge in [0.2, 0.25) is 5.95 Å². The van der Waals surface area contributed by atoms with Crippen molar-refractivity contribution in [1.29, 1.82) is 0 Å². The van der Waals surface area contributed by atoms with E-state index in [2.05, 4.69) is 20.6 Å². The molecule has 0 saturated heterocycles. The second-order valence-corrected chi connectivity index (χ2v) is 4.74. The Morgan fingerprint density at radius 3 is 2.50 bits per heavy atom. The molecule has 0 spiro atoms. The largest absolute Gasteiger partial charge is 0.497 e. The molecule has 1 aromatic carbocycles. The van der Waals surface area contributed by atoms with Gasteiger partial charge in [-0.2, -0.15) is 0 Å². The third-order valence-corrected chi connectivity index (χ3v) is 3.16. The number of hydrogen-bond acceptors (Lipinski definition) is 7. The average molecular weight is 332 g/mol. The molecule has 1 amide bonds. The Bertz CT molecular complexity index is 676. The molecule has 0 aliphatic heterocycles. The van der Waals surface area contributed by atoms with E-state index in [0.29, 0.717) is 41.8 Å². The summed E-state index contributed by atoms with van der Waals surface area (Å²) in [6.45, 7) is 0.873. The Morgan fingerprint density at radius 2 is 1.88 bits per heavy atom. The Morgan fingerprint density at radius 1 is 1.12 bits per heavy atom. The number of methoxy groups -OCH3 is 3. The summed E-state index contributed by atoms with van der Waals surface area (Å²) in [4.78, 5) is 20.2. The number of nitrogens with zero attached hydrogens (tertiary/aromatic N) is 2. The number of benzene rings is 1. The highest BCUT2D eigenvalue weighted by Gasteiger charge is 2.09. The van der Waals surface area contributed by atoms with Crippen LogP contribution in [0, 0.1) is 0 Å². The van der Waals surface area contributed by atoms with Crippen molar-refractivity contribution < 1.29 is 19.0 Å². The molecule has 1 aromatic heterocycles. The van der Waals surface area contributed by atoms with Gasteiger partial charge in [-0.1, -0.05) is 0 Å². The molecule has 2 aromatic rings. The van der Waals surface area contributed by atoms with Crippen LogP contribution in [0.3, 0.4) is 0 Å². The minimum absolute atomic E-state index is 0.252. The maximum absolute atomic E-state index is 11.9. The van der Waals surface area contributed by atoms with Crippen LogP contribution in [0.25, 0.3) is 0 Å². The van der Waals surface area contributed by atoms with Gasteiger partial charge in [0.05, 0.1) is 32.1 Å². The molecule has 2 N–H and O–H groups in total. The van der Waals surface area contributed by atoms with Crippen molar-refractivity contribution in [2.24, 2.45) is 0 Å². The molecule has 0 atom stereocenters. The molecule has 8 heteroatoms. The Kier molecular flexibility index (Phi) is 6.32. The van der Waals surface area contributed by atoms with Gasteiger partial charge in [0.15, 0.2) is 0 Å². The van der Waals surface area contributed by atoms with Gasteiger partial charge in [-0.05, 0) is 12.1 Å². The fourth-order valence-corrected chi connectivity index (χ4v) is 1.91. The quantitative estimate of drug-likeness (QED) is 0.709. The van der Waals surface area contributed by atoms with Crippen LogP contribution in [0.15, 0.2) is 30.6 Å². The second kappa shape index (κ2) is 8.68. The van der Waals surface area contributed by atoms with Crippen LogP contribution in [0.5, 0.6) is 11.5 Å². The number of aromatic nitrogens is 2. The zero-order valence-corrected chi connectivity index (χ0v) is 13.8. The van der Waals surface area contributed by atoms with Crippen LogP contribution in [0.4, 0.5) is 11.6 Å². The molecular weight excluding hydrogens is 312 g/mol. The molecule has 0 bridgehead atoms. The number of carbonyl (C=O) groups is 1. The zero-order chi connectivity index (χ0) is 17.4. The maximum atomic E-state index is 11.9. The third-order valence-electron chi connectivity index (χ3n) is 3.16. The highest BCUT2D eigenvalue weighted by atomic mass is 16.5. The van der Waals surface area contributed by atoms with Crippen molar-refractivity contribution in [3.63, 3.8) is 0 Å². The van der Waals surface area contributed by atoms with Gasteiger partial charge in [0, 0.05) is 32.1 Å². The van der Waals surface area contributed by atoms with Crippen molar-refractivity contribution in [2.45, 2.75) is 0 Å². The number of anilines is 2. The van der Waals surface area contributed by atoms with E-state index in [1.807, 2.05) is 0 Å². The number of amides is 1. The van der Waals surface area contributed by atoms with Gasteiger partial charge in [0.25, 0.3) is 5.91 Å². The van der Waals surface area contributed by atoms with Gasteiger partial charge in [-0.25, -0.2) is 9.97 Å². The molecule has 0 fully saturated rings. The highest BCUT2D eigenvalue weighted by Crippen LogP contribution is 2.30. The highest BCUT2D eigenvalue weighted by molar-refractivity contribution is 5.93. The zero-order valence-electron chi connectivity index (χ0n) is 13.8. The normalized spacial score (nSPS) is 10.1. The summed E-state index contributed by atoms with van der Waals surface area (Å²) in [5.74, 6) is 1.39. The number of ether oxygens (including phenoxy) is 3. The SMILES string of the molecule is COCCNC(=O)c1cnc(Nc2cc(OC)ccc2OC)nc1. The van der Waals surface area contributed by atoms with E-state index < -0.39 is 0 Å². The second-order valence-electron chi connectivity index (χ2n) is 4.74. The number of carbonyl (C=O) groups excluding carboxylic acids is 1. The molecule has 8 nitrogen and oxygen atoms in total. The van der Waals surface area contributed by atoms with Crippen LogP contribution in [0.2, 0.25) is 0 Å². The standard InChI is InChI=1S/C16H20N4O4/c1-22-7-6-17-15(21)11-9-18-16(19-10-11)20-13-8-12(23-2)4-5-14(13)24-3/h4-5,8-10H,6-7H2,1-3H3,(H,17,21)(H,18,19,20). The van der Waals surface area contributed by atoms with Gasteiger partial charge < -0.3 is 24.8 Å². The van der Waals surface area contributed by atoms with Crippen LogP contribution < -0.4 is 20.1 Å². The first-order valence-electron chi connectivity index (χ1n) is 7.26. The monoisotopic (exact) mass is 332 g/mol. The smallest absolute Gasteiger partial charge is 0.254 e. The first-order valence-corrected chi connectivity index (χ1v) is 7.26. The lowest BCUT2D eigenvalue weighted by Crippen LogP contribution is -2.27. The molecule has 0 aliphatic carbocycles. The molecule has 0 aliphatic rings.